The van der Waals surface area contributed by atoms with Crippen molar-refractivity contribution >= 4 is 27.8 Å². The zero-order valence-corrected chi connectivity index (χ0v) is 20.0. The largest absolute Gasteiger partial charge is 0.493 e. The van der Waals surface area contributed by atoms with Crippen LogP contribution in [0.5, 0.6) is 11.5 Å². The summed E-state index contributed by atoms with van der Waals surface area (Å²) in [6, 6.07) is 15.7. The lowest BCUT2D eigenvalue weighted by atomic mass is 10.2. The van der Waals surface area contributed by atoms with Gasteiger partial charge in [0.1, 0.15) is 6.54 Å². The molecule has 8 nitrogen and oxygen atoms in total. The number of amides is 1. The predicted molar refractivity (Wildman–Crippen MR) is 128 cm³/mol. The quantitative estimate of drug-likeness (QED) is 0.338. The third-order valence-electron chi connectivity index (χ3n) is 4.89. The average molecular weight is 522 g/mol. The summed E-state index contributed by atoms with van der Waals surface area (Å²) in [5.41, 5.74) is 1.36. The van der Waals surface area contributed by atoms with Crippen molar-refractivity contribution in [2.45, 2.75) is 11.1 Å². The molecule has 0 unspecified atom stereocenters. The highest BCUT2D eigenvalue weighted by atomic mass is 32.2. The van der Waals surface area contributed by atoms with Gasteiger partial charge in [0.2, 0.25) is 0 Å². The topological polar surface area (TPSA) is 97.3 Å². The molecule has 0 heterocycles. The third kappa shape index (κ3) is 6.33. The van der Waals surface area contributed by atoms with Crippen LogP contribution in [0.3, 0.4) is 0 Å². The number of nitrogens with zero attached hydrogens (tertiary/aromatic N) is 2. The van der Waals surface area contributed by atoms with Crippen molar-refractivity contribution in [1.82, 2.24) is 5.43 Å². The number of hydrogen-bond acceptors (Lipinski definition) is 6. The molecule has 0 aliphatic heterocycles. The minimum atomic E-state index is -4.70. The molecule has 12 heteroatoms. The summed E-state index contributed by atoms with van der Waals surface area (Å²) < 4.78 is 77.2. The monoisotopic (exact) mass is 521 g/mol. The Morgan fingerprint density at radius 2 is 1.67 bits per heavy atom. The first-order valence-electron chi connectivity index (χ1n) is 10.3. The maximum absolute atomic E-state index is 13.3. The number of ether oxygens (including phenoxy) is 2. The summed E-state index contributed by atoms with van der Waals surface area (Å²) in [5, 5.41) is 3.81. The zero-order valence-electron chi connectivity index (χ0n) is 19.2. The number of alkyl halides is 3. The first-order chi connectivity index (χ1) is 17.1. The van der Waals surface area contributed by atoms with Crippen LogP contribution in [-0.4, -0.2) is 41.3 Å². The highest BCUT2D eigenvalue weighted by Gasteiger charge is 2.33. The molecule has 3 aromatic rings. The smallest absolute Gasteiger partial charge is 0.416 e. The minimum absolute atomic E-state index is 0.191. The summed E-state index contributed by atoms with van der Waals surface area (Å²) in [5.74, 6) is 0.0441. The minimum Gasteiger partial charge on any atom is -0.493 e. The van der Waals surface area contributed by atoms with Crippen LogP contribution in [0, 0.1) is 0 Å². The number of halogens is 3. The second-order valence-electron chi connectivity index (χ2n) is 7.28. The summed E-state index contributed by atoms with van der Waals surface area (Å²) in [4.78, 5) is 12.4. The van der Waals surface area contributed by atoms with Gasteiger partial charge >= 0.3 is 6.18 Å². The molecule has 3 aromatic carbocycles. The predicted octanol–water partition coefficient (Wildman–Crippen LogP) is 4.07. The number of methoxy groups -OCH3 is 2. The summed E-state index contributed by atoms with van der Waals surface area (Å²) >= 11 is 0. The van der Waals surface area contributed by atoms with Gasteiger partial charge in [-0.05, 0) is 54.1 Å². The van der Waals surface area contributed by atoms with Gasteiger partial charge in [-0.25, -0.2) is 13.8 Å². The molecule has 0 aliphatic rings. The van der Waals surface area contributed by atoms with Crippen molar-refractivity contribution in [2.75, 3.05) is 25.1 Å². The fourth-order valence-corrected chi connectivity index (χ4v) is 4.58. The molecular weight excluding hydrogens is 499 g/mol. The van der Waals surface area contributed by atoms with Crippen LogP contribution in [0.25, 0.3) is 0 Å². The number of sulfonamides is 1. The van der Waals surface area contributed by atoms with Crippen LogP contribution in [0.1, 0.15) is 11.1 Å². The van der Waals surface area contributed by atoms with Crippen LogP contribution in [0.2, 0.25) is 0 Å². The number of anilines is 1. The van der Waals surface area contributed by atoms with Crippen LogP contribution in [0.15, 0.2) is 82.8 Å². The number of carbonyl (C=O) groups is 1. The number of hydrazone groups is 1. The molecule has 1 amide bonds. The van der Waals surface area contributed by atoms with Crippen molar-refractivity contribution in [3.8, 4) is 11.5 Å². The fraction of sp³-hybridized carbons (Fsp3) is 0.167. The van der Waals surface area contributed by atoms with Crippen molar-refractivity contribution in [1.29, 1.82) is 0 Å². The second kappa shape index (κ2) is 11.1. The van der Waals surface area contributed by atoms with Crippen LogP contribution in [0.4, 0.5) is 18.9 Å². The third-order valence-corrected chi connectivity index (χ3v) is 6.68. The van der Waals surface area contributed by atoms with Crippen LogP contribution < -0.4 is 19.2 Å². The second-order valence-corrected chi connectivity index (χ2v) is 9.14. The Labute approximate surface area is 206 Å². The number of rotatable bonds is 9. The van der Waals surface area contributed by atoms with E-state index in [4.69, 9.17) is 9.47 Å². The Kier molecular flexibility index (Phi) is 8.20. The van der Waals surface area contributed by atoms with Gasteiger partial charge < -0.3 is 9.47 Å². The lowest BCUT2D eigenvalue weighted by Crippen LogP contribution is -2.39. The van der Waals surface area contributed by atoms with Gasteiger partial charge in [0.05, 0.1) is 36.6 Å². The Bertz CT molecular complexity index is 1350. The van der Waals surface area contributed by atoms with E-state index >= 15 is 0 Å². The van der Waals surface area contributed by atoms with E-state index in [1.165, 1.54) is 50.8 Å². The number of nitrogens with one attached hydrogen (secondary N) is 1. The summed E-state index contributed by atoms with van der Waals surface area (Å²) in [6.07, 6.45) is -3.41. The van der Waals surface area contributed by atoms with Crippen molar-refractivity contribution in [3.05, 3.63) is 83.9 Å². The van der Waals surface area contributed by atoms with Gasteiger partial charge in [-0.3, -0.25) is 9.10 Å². The van der Waals surface area contributed by atoms with Gasteiger partial charge in [-0.2, -0.15) is 18.3 Å². The van der Waals surface area contributed by atoms with E-state index in [2.05, 4.69) is 10.5 Å². The highest BCUT2D eigenvalue weighted by Crippen LogP contribution is 2.33. The standard InChI is InChI=1S/C24H22F3N3O5S/c1-34-21-12-11-17(13-22(21)35-2)15-28-29-23(31)16-30(36(32,33)20-9-4-3-5-10-20)19-8-6-7-18(14-19)24(25,26)27/h3-15H,16H2,1-2H3,(H,29,31)/b28-15-. The molecule has 0 radical (unpaired) electrons. The van der Waals surface area contributed by atoms with E-state index in [1.807, 2.05) is 0 Å². The molecule has 0 saturated heterocycles. The van der Waals surface area contributed by atoms with E-state index in [9.17, 15) is 26.4 Å². The molecule has 0 atom stereocenters. The zero-order chi connectivity index (χ0) is 26.3. The molecule has 1 N–H and O–H groups in total. The van der Waals surface area contributed by atoms with Crippen molar-refractivity contribution in [2.24, 2.45) is 5.10 Å². The van der Waals surface area contributed by atoms with Gasteiger partial charge in [0.25, 0.3) is 15.9 Å². The highest BCUT2D eigenvalue weighted by molar-refractivity contribution is 7.92. The molecule has 0 aromatic heterocycles. The Hall–Kier alpha value is -4.06. The first kappa shape index (κ1) is 26.5. The van der Waals surface area contributed by atoms with E-state index in [0.29, 0.717) is 27.4 Å². The molecule has 0 aliphatic carbocycles. The van der Waals surface area contributed by atoms with Gasteiger partial charge in [0.15, 0.2) is 11.5 Å². The first-order valence-corrected chi connectivity index (χ1v) is 11.8. The Balaban J connectivity index is 1.87. The van der Waals surface area contributed by atoms with Gasteiger partial charge in [-0.15, -0.1) is 0 Å². The van der Waals surface area contributed by atoms with E-state index < -0.39 is 34.2 Å². The normalized spacial score (nSPS) is 11.8. The van der Waals surface area contributed by atoms with Crippen LogP contribution in [-0.2, 0) is 21.0 Å². The molecular formula is C24H22F3N3O5S. The van der Waals surface area contributed by atoms with Crippen molar-refractivity contribution in [3.63, 3.8) is 0 Å². The maximum Gasteiger partial charge on any atom is 0.416 e. The Morgan fingerprint density at radius 1 is 0.972 bits per heavy atom. The van der Waals surface area contributed by atoms with Gasteiger partial charge in [-0.1, -0.05) is 24.3 Å². The number of carbonyl (C=O) groups excluding carboxylic acids is 1. The molecule has 190 valence electrons. The van der Waals surface area contributed by atoms with E-state index in [1.54, 1.807) is 24.3 Å². The van der Waals surface area contributed by atoms with Crippen molar-refractivity contribution < 1.29 is 35.9 Å². The molecule has 3 rings (SSSR count). The average Bonchev–Trinajstić information content (AvgIpc) is 2.87. The molecule has 0 saturated carbocycles. The molecule has 0 spiro atoms. The molecule has 36 heavy (non-hydrogen) atoms. The molecule has 0 fully saturated rings. The van der Waals surface area contributed by atoms with Crippen LogP contribution >= 0.6 is 0 Å². The molecule has 0 bridgehead atoms. The Morgan fingerprint density at radius 3 is 2.31 bits per heavy atom. The fourth-order valence-electron chi connectivity index (χ4n) is 3.15. The van der Waals surface area contributed by atoms with Gasteiger partial charge in [0, 0.05) is 0 Å². The number of benzene rings is 3. The van der Waals surface area contributed by atoms with E-state index in [0.717, 1.165) is 12.1 Å². The lowest BCUT2D eigenvalue weighted by molar-refractivity contribution is -0.137. The van der Waals surface area contributed by atoms with E-state index in [-0.39, 0.29) is 10.6 Å². The summed E-state index contributed by atoms with van der Waals surface area (Å²) in [6.45, 7) is -0.818. The SMILES string of the molecule is COc1ccc(/C=N\NC(=O)CN(c2cccc(C(F)(F)F)c2)S(=O)(=O)c2ccccc2)cc1OC. The summed E-state index contributed by atoms with van der Waals surface area (Å²) in [7, 11) is -1.45. The lowest BCUT2D eigenvalue weighted by Gasteiger charge is -2.24. The maximum atomic E-state index is 13.3. The number of hydrogen-bond donors (Lipinski definition) is 1.